The highest BCUT2D eigenvalue weighted by Gasteiger charge is 2.12. The maximum atomic E-state index is 5.74. The summed E-state index contributed by atoms with van der Waals surface area (Å²) in [5.41, 5.74) is 0. The molecule has 0 saturated heterocycles. The smallest absolute Gasteiger partial charge is 0.118 e. The Labute approximate surface area is 116 Å². The number of rotatable bonds is 7. The van der Waals surface area contributed by atoms with Gasteiger partial charge in [0.05, 0.1) is 18.3 Å². The molecule has 0 fully saturated rings. The lowest BCUT2D eigenvalue weighted by Gasteiger charge is -2.12. The topological polar surface area (TPSA) is 38.1 Å². The van der Waals surface area contributed by atoms with Crippen LogP contribution in [-0.2, 0) is 12.3 Å². The van der Waals surface area contributed by atoms with Gasteiger partial charge in [0.1, 0.15) is 16.5 Å². The van der Waals surface area contributed by atoms with Gasteiger partial charge in [0.25, 0.3) is 0 Å². The van der Waals surface area contributed by atoms with Crippen molar-refractivity contribution in [2.75, 3.05) is 6.26 Å². The molecule has 2 rings (SSSR count). The van der Waals surface area contributed by atoms with E-state index in [0.717, 1.165) is 35.2 Å². The van der Waals surface area contributed by atoms with Gasteiger partial charge in [-0.2, -0.15) is 11.8 Å². The first-order valence-corrected chi connectivity index (χ1v) is 8.30. The average molecular weight is 282 g/mol. The van der Waals surface area contributed by atoms with Gasteiger partial charge in [-0.1, -0.05) is 6.92 Å². The molecule has 1 N–H and O–H groups in total. The van der Waals surface area contributed by atoms with Crippen LogP contribution in [0.15, 0.2) is 28.1 Å². The van der Waals surface area contributed by atoms with Crippen molar-refractivity contribution in [3.05, 3.63) is 40.2 Å². The molecule has 2 aromatic heterocycles. The number of thioether (sulfide) groups is 1. The molecule has 0 aliphatic rings. The molecule has 1 unspecified atom stereocenters. The van der Waals surface area contributed by atoms with Gasteiger partial charge in [-0.3, -0.25) is 0 Å². The molecule has 0 aromatic carbocycles. The van der Waals surface area contributed by atoms with Gasteiger partial charge in [0.15, 0.2) is 0 Å². The Bertz CT molecular complexity index is 453. The van der Waals surface area contributed by atoms with Gasteiger partial charge in [-0.15, -0.1) is 11.3 Å². The summed E-state index contributed by atoms with van der Waals surface area (Å²) in [5.74, 6) is 2.97. The summed E-state index contributed by atoms with van der Waals surface area (Å²) in [5, 5.41) is 6.65. The van der Waals surface area contributed by atoms with E-state index in [1.807, 2.05) is 17.6 Å². The summed E-state index contributed by atoms with van der Waals surface area (Å²) in [6.07, 6.45) is 4.97. The number of nitrogens with one attached hydrogen (secondary N) is 1. The lowest BCUT2D eigenvalue weighted by molar-refractivity contribution is 0.429. The summed E-state index contributed by atoms with van der Waals surface area (Å²) in [6, 6.07) is 4.42. The van der Waals surface area contributed by atoms with E-state index in [1.165, 1.54) is 0 Å². The van der Waals surface area contributed by atoms with Crippen molar-refractivity contribution < 1.29 is 4.42 Å². The van der Waals surface area contributed by atoms with Crippen LogP contribution in [0.1, 0.15) is 35.9 Å². The summed E-state index contributed by atoms with van der Waals surface area (Å²) >= 11 is 3.47. The molecule has 0 aliphatic carbocycles. The van der Waals surface area contributed by atoms with E-state index in [4.69, 9.17) is 4.42 Å². The van der Waals surface area contributed by atoms with Crippen LogP contribution < -0.4 is 5.32 Å². The SMILES string of the molecule is CCC(NCc1ccc(CSC)o1)c1nccs1. The van der Waals surface area contributed by atoms with Gasteiger partial charge < -0.3 is 9.73 Å². The molecule has 0 aliphatic heterocycles. The second-order valence-electron chi connectivity index (χ2n) is 4.01. The normalized spacial score (nSPS) is 12.8. The van der Waals surface area contributed by atoms with E-state index in [-0.39, 0.29) is 0 Å². The first-order valence-electron chi connectivity index (χ1n) is 6.02. The maximum Gasteiger partial charge on any atom is 0.118 e. The third-order valence-electron chi connectivity index (χ3n) is 2.68. The second kappa shape index (κ2) is 6.97. The molecule has 0 saturated carbocycles. The zero-order valence-electron chi connectivity index (χ0n) is 10.7. The van der Waals surface area contributed by atoms with Crippen LogP contribution in [0.3, 0.4) is 0 Å². The third-order valence-corrected chi connectivity index (χ3v) is 4.15. The van der Waals surface area contributed by atoms with Gasteiger partial charge in [0.2, 0.25) is 0 Å². The largest absolute Gasteiger partial charge is 0.464 e. The molecule has 1 atom stereocenters. The number of thiazole rings is 1. The van der Waals surface area contributed by atoms with Crippen molar-refractivity contribution >= 4 is 23.1 Å². The molecule has 0 bridgehead atoms. The fraction of sp³-hybridized carbons (Fsp3) is 0.462. The molecule has 2 heterocycles. The summed E-state index contributed by atoms with van der Waals surface area (Å²) in [7, 11) is 0. The number of nitrogens with zero attached hydrogens (tertiary/aromatic N) is 1. The van der Waals surface area contributed by atoms with E-state index < -0.39 is 0 Å². The van der Waals surface area contributed by atoms with Crippen molar-refractivity contribution in [3.63, 3.8) is 0 Å². The Morgan fingerprint density at radius 3 is 2.94 bits per heavy atom. The minimum absolute atomic E-state index is 0.319. The predicted octanol–water partition coefficient (Wildman–Crippen LogP) is 3.84. The Hall–Kier alpha value is -0.780. The quantitative estimate of drug-likeness (QED) is 0.837. The first-order chi connectivity index (χ1) is 8.83. The molecular formula is C13H18N2OS2. The van der Waals surface area contributed by atoms with Crippen molar-refractivity contribution in [1.29, 1.82) is 0 Å². The van der Waals surface area contributed by atoms with Crippen LogP contribution in [0.2, 0.25) is 0 Å². The molecule has 5 heteroatoms. The first kappa shape index (κ1) is 13.6. The highest BCUT2D eigenvalue weighted by molar-refractivity contribution is 7.97. The number of hydrogen-bond donors (Lipinski definition) is 1. The number of furan rings is 1. The van der Waals surface area contributed by atoms with E-state index >= 15 is 0 Å². The fourth-order valence-corrected chi connectivity index (χ4v) is 3.01. The monoisotopic (exact) mass is 282 g/mol. The Morgan fingerprint density at radius 2 is 2.28 bits per heavy atom. The van der Waals surface area contributed by atoms with Crippen molar-refractivity contribution in [1.82, 2.24) is 10.3 Å². The Morgan fingerprint density at radius 1 is 1.44 bits per heavy atom. The summed E-state index contributed by atoms with van der Waals surface area (Å²) in [6.45, 7) is 2.92. The molecule has 0 radical (unpaired) electrons. The van der Waals surface area contributed by atoms with Crippen molar-refractivity contribution in [3.8, 4) is 0 Å². The standard InChI is InChI=1S/C13H18N2OS2/c1-3-12(13-14-6-7-18-13)15-8-10-4-5-11(16-10)9-17-2/h4-7,12,15H,3,8-9H2,1-2H3. The minimum atomic E-state index is 0.319. The molecule has 0 spiro atoms. The molecular weight excluding hydrogens is 264 g/mol. The zero-order valence-corrected chi connectivity index (χ0v) is 12.3. The van der Waals surface area contributed by atoms with Crippen molar-refractivity contribution in [2.24, 2.45) is 0 Å². The molecule has 98 valence electrons. The third kappa shape index (κ3) is 3.60. The van der Waals surface area contributed by atoms with E-state index in [1.54, 1.807) is 23.1 Å². The second-order valence-corrected chi connectivity index (χ2v) is 5.81. The van der Waals surface area contributed by atoms with Gasteiger partial charge in [-0.05, 0) is 24.8 Å². The van der Waals surface area contributed by atoms with Gasteiger partial charge in [-0.25, -0.2) is 4.98 Å². The molecule has 0 amide bonds. The van der Waals surface area contributed by atoms with Crippen LogP contribution in [0.5, 0.6) is 0 Å². The predicted molar refractivity (Wildman–Crippen MR) is 77.9 cm³/mol. The Kier molecular flexibility index (Phi) is 5.28. The molecule has 2 aromatic rings. The molecule has 3 nitrogen and oxygen atoms in total. The number of hydrogen-bond acceptors (Lipinski definition) is 5. The van der Waals surface area contributed by atoms with Crippen molar-refractivity contribution in [2.45, 2.75) is 31.7 Å². The van der Waals surface area contributed by atoms with Crippen LogP contribution in [0.4, 0.5) is 0 Å². The Balaban J connectivity index is 1.89. The average Bonchev–Trinajstić information content (AvgIpc) is 3.02. The lowest BCUT2D eigenvalue weighted by atomic mass is 10.2. The van der Waals surface area contributed by atoms with Crippen LogP contribution in [0, 0.1) is 0 Å². The molecule has 18 heavy (non-hydrogen) atoms. The zero-order chi connectivity index (χ0) is 12.8. The van der Waals surface area contributed by atoms with Crippen LogP contribution >= 0.6 is 23.1 Å². The van der Waals surface area contributed by atoms with Crippen LogP contribution in [-0.4, -0.2) is 11.2 Å². The fourth-order valence-electron chi connectivity index (χ4n) is 1.77. The minimum Gasteiger partial charge on any atom is -0.464 e. The van der Waals surface area contributed by atoms with E-state index in [2.05, 4.69) is 29.5 Å². The maximum absolute atomic E-state index is 5.74. The summed E-state index contributed by atoms with van der Waals surface area (Å²) in [4.78, 5) is 4.36. The van der Waals surface area contributed by atoms with Gasteiger partial charge in [0, 0.05) is 11.6 Å². The number of aromatic nitrogens is 1. The lowest BCUT2D eigenvalue weighted by Crippen LogP contribution is -2.19. The van der Waals surface area contributed by atoms with E-state index in [9.17, 15) is 0 Å². The van der Waals surface area contributed by atoms with Gasteiger partial charge >= 0.3 is 0 Å². The highest BCUT2D eigenvalue weighted by Crippen LogP contribution is 2.20. The van der Waals surface area contributed by atoms with Crippen LogP contribution in [0.25, 0.3) is 0 Å². The van der Waals surface area contributed by atoms with E-state index in [0.29, 0.717) is 6.04 Å². The summed E-state index contributed by atoms with van der Waals surface area (Å²) < 4.78 is 5.74. The highest BCUT2D eigenvalue weighted by atomic mass is 32.2.